The van der Waals surface area contributed by atoms with Gasteiger partial charge in [0.05, 0.1) is 16.8 Å². The van der Waals surface area contributed by atoms with Gasteiger partial charge >= 0.3 is 0 Å². The lowest BCUT2D eigenvalue weighted by molar-refractivity contribution is -0.125. The molecule has 0 radical (unpaired) electrons. The average molecular weight is 412 g/mol. The van der Waals surface area contributed by atoms with Gasteiger partial charge in [0.25, 0.3) is 0 Å². The summed E-state index contributed by atoms with van der Waals surface area (Å²) in [6.07, 6.45) is 5.33. The number of benzene rings is 2. The zero-order valence-corrected chi connectivity index (χ0v) is 17.5. The number of pyridine rings is 1. The summed E-state index contributed by atoms with van der Waals surface area (Å²) in [6, 6.07) is 22.0. The number of carbonyl (C=O) groups is 1. The Morgan fingerprint density at radius 2 is 1.74 bits per heavy atom. The fourth-order valence-corrected chi connectivity index (χ4v) is 4.46. The molecule has 1 aliphatic rings. The van der Waals surface area contributed by atoms with Crippen LogP contribution >= 0.6 is 0 Å². The molecule has 4 aromatic rings. The van der Waals surface area contributed by atoms with Gasteiger partial charge < -0.3 is 14.5 Å². The van der Waals surface area contributed by atoms with Crippen LogP contribution in [0.5, 0.6) is 0 Å². The third-order valence-electron chi connectivity index (χ3n) is 6.24. The Morgan fingerprint density at radius 1 is 1.00 bits per heavy atom. The van der Waals surface area contributed by atoms with Crippen LogP contribution in [-0.2, 0) is 14.9 Å². The van der Waals surface area contributed by atoms with Crippen LogP contribution in [0.4, 0.5) is 5.69 Å². The van der Waals surface area contributed by atoms with Gasteiger partial charge in [-0.25, -0.2) is 4.98 Å². The molecule has 0 unspecified atom stereocenters. The first-order valence-corrected chi connectivity index (χ1v) is 10.7. The van der Waals surface area contributed by atoms with Crippen molar-refractivity contribution in [2.24, 2.45) is 0 Å². The number of aryl methyl sites for hydroxylation is 1. The molecule has 1 aliphatic heterocycles. The molecule has 0 atom stereocenters. The molecule has 1 N–H and O–H groups in total. The number of rotatable bonds is 4. The normalized spacial score (nSPS) is 15.6. The van der Waals surface area contributed by atoms with E-state index < -0.39 is 5.41 Å². The molecule has 156 valence electrons. The number of anilines is 1. The highest BCUT2D eigenvalue weighted by atomic mass is 16.5. The molecule has 0 aliphatic carbocycles. The summed E-state index contributed by atoms with van der Waals surface area (Å²) >= 11 is 0. The molecule has 1 fully saturated rings. The summed E-state index contributed by atoms with van der Waals surface area (Å²) in [4.78, 5) is 18.5. The number of hydrogen-bond acceptors (Lipinski definition) is 3. The summed E-state index contributed by atoms with van der Waals surface area (Å²) < 4.78 is 7.61. The van der Waals surface area contributed by atoms with E-state index in [2.05, 4.69) is 18.3 Å². The average Bonchev–Trinajstić information content (AvgIpc) is 3.26. The molecule has 2 aromatic carbocycles. The minimum Gasteiger partial charge on any atom is -0.381 e. The summed E-state index contributed by atoms with van der Waals surface area (Å²) in [7, 11) is 0. The second kappa shape index (κ2) is 8.00. The molecule has 0 saturated carbocycles. The van der Waals surface area contributed by atoms with Crippen molar-refractivity contribution in [2.75, 3.05) is 18.5 Å². The summed E-state index contributed by atoms with van der Waals surface area (Å²) in [5, 5.41) is 3.23. The van der Waals surface area contributed by atoms with E-state index in [0.29, 0.717) is 26.1 Å². The minimum atomic E-state index is -0.595. The van der Waals surface area contributed by atoms with E-state index in [1.807, 2.05) is 77.5 Å². The Hall–Kier alpha value is -3.44. The van der Waals surface area contributed by atoms with Gasteiger partial charge in [0.1, 0.15) is 5.65 Å². The molecule has 0 spiro atoms. The van der Waals surface area contributed by atoms with Crippen molar-refractivity contribution in [2.45, 2.75) is 25.2 Å². The van der Waals surface area contributed by atoms with Crippen LogP contribution in [0, 0.1) is 6.92 Å². The van der Waals surface area contributed by atoms with Crippen LogP contribution < -0.4 is 5.32 Å². The molecule has 31 heavy (non-hydrogen) atoms. The largest absolute Gasteiger partial charge is 0.381 e. The highest BCUT2D eigenvalue weighted by Crippen LogP contribution is 2.37. The number of imidazole rings is 1. The maximum atomic E-state index is 13.7. The summed E-state index contributed by atoms with van der Waals surface area (Å²) in [5.41, 5.74) is 5.00. The second-order valence-electron chi connectivity index (χ2n) is 8.11. The van der Waals surface area contributed by atoms with Gasteiger partial charge in [-0.05, 0) is 43.0 Å². The highest BCUT2D eigenvalue weighted by Gasteiger charge is 2.41. The lowest BCUT2D eigenvalue weighted by Crippen LogP contribution is -2.44. The van der Waals surface area contributed by atoms with E-state index in [1.165, 1.54) is 0 Å². The van der Waals surface area contributed by atoms with Gasteiger partial charge in [0, 0.05) is 31.2 Å². The number of nitrogens with zero attached hydrogens (tertiary/aromatic N) is 2. The van der Waals surface area contributed by atoms with Crippen molar-refractivity contribution in [3.05, 3.63) is 90.3 Å². The van der Waals surface area contributed by atoms with Crippen molar-refractivity contribution in [1.29, 1.82) is 0 Å². The molecule has 5 nitrogen and oxygen atoms in total. The molecular formula is C26H25N3O2. The Morgan fingerprint density at radius 3 is 2.52 bits per heavy atom. The number of nitrogens with one attached hydrogen (secondary N) is 1. The first-order valence-electron chi connectivity index (χ1n) is 10.7. The van der Waals surface area contributed by atoms with Gasteiger partial charge in [-0.3, -0.25) is 4.79 Å². The number of para-hydroxylation sites is 1. The lowest BCUT2D eigenvalue weighted by Gasteiger charge is -2.36. The van der Waals surface area contributed by atoms with Crippen molar-refractivity contribution in [3.8, 4) is 11.3 Å². The third-order valence-corrected chi connectivity index (χ3v) is 6.24. The van der Waals surface area contributed by atoms with Gasteiger partial charge in [0.2, 0.25) is 5.91 Å². The molecule has 5 rings (SSSR count). The Kier molecular flexibility index (Phi) is 5.04. The Bertz CT molecular complexity index is 1220. The summed E-state index contributed by atoms with van der Waals surface area (Å²) in [5.74, 6) is 0.00870. The number of ether oxygens (including phenoxy) is 1. The number of fused-ring (bicyclic) bond motifs is 1. The van der Waals surface area contributed by atoms with Gasteiger partial charge in [-0.2, -0.15) is 0 Å². The van der Waals surface area contributed by atoms with Gasteiger partial charge in [-0.1, -0.05) is 54.6 Å². The molecule has 2 aromatic heterocycles. The van der Waals surface area contributed by atoms with E-state index in [1.54, 1.807) is 0 Å². The molecular weight excluding hydrogens is 386 g/mol. The van der Waals surface area contributed by atoms with Crippen molar-refractivity contribution < 1.29 is 9.53 Å². The number of amides is 1. The maximum Gasteiger partial charge on any atom is 0.235 e. The van der Waals surface area contributed by atoms with Crippen molar-refractivity contribution in [3.63, 3.8) is 0 Å². The van der Waals surface area contributed by atoms with Crippen LogP contribution in [0.2, 0.25) is 0 Å². The van der Waals surface area contributed by atoms with E-state index in [4.69, 9.17) is 9.72 Å². The van der Waals surface area contributed by atoms with E-state index in [-0.39, 0.29) is 5.91 Å². The van der Waals surface area contributed by atoms with Crippen LogP contribution in [0.25, 0.3) is 16.9 Å². The standard InChI is InChI=1S/C26H25N3O2/c1-19-8-7-15-29-18-23(27-24(19)29)21-11-5-6-12-22(21)28-25(30)26(13-16-31-17-14-26)20-9-3-2-4-10-20/h2-12,15,18H,13-14,16-17H2,1H3,(H,28,30). The van der Waals surface area contributed by atoms with Crippen LogP contribution in [-0.4, -0.2) is 28.5 Å². The number of aromatic nitrogens is 2. The molecule has 3 heterocycles. The third kappa shape index (κ3) is 3.51. The topological polar surface area (TPSA) is 55.6 Å². The quantitative estimate of drug-likeness (QED) is 0.514. The molecule has 0 bridgehead atoms. The Balaban J connectivity index is 1.52. The number of carbonyl (C=O) groups excluding carboxylic acids is 1. The predicted octanol–water partition coefficient (Wildman–Crippen LogP) is 5.00. The predicted molar refractivity (Wildman–Crippen MR) is 122 cm³/mol. The minimum absolute atomic E-state index is 0.00870. The van der Waals surface area contributed by atoms with Crippen molar-refractivity contribution in [1.82, 2.24) is 9.38 Å². The molecule has 1 amide bonds. The van der Waals surface area contributed by atoms with Gasteiger partial charge in [0.15, 0.2) is 0 Å². The van der Waals surface area contributed by atoms with E-state index >= 15 is 0 Å². The second-order valence-corrected chi connectivity index (χ2v) is 8.11. The Labute approximate surface area is 181 Å². The lowest BCUT2D eigenvalue weighted by atomic mass is 9.73. The molecule has 1 saturated heterocycles. The first kappa shape index (κ1) is 19.5. The summed E-state index contributed by atoms with van der Waals surface area (Å²) in [6.45, 7) is 3.21. The maximum absolute atomic E-state index is 13.7. The smallest absolute Gasteiger partial charge is 0.235 e. The van der Waals surface area contributed by atoms with Gasteiger partial charge in [-0.15, -0.1) is 0 Å². The van der Waals surface area contributed by atoms with Crippen LogP contribution in [0.3, 0.4) is 0 Å². The van der Waals surface area contributed by atoms with Crippen molar-refractivity contribution >= 4 is 17.2 Å². The molecule has 5 heteroatoms. The SMILES string of the molecule is Cc1cccn2cc(-c3ccccc3NC(=O)C3(c4ccccc4)CCOCC3)nc12. The fourth-order valence-electron chi connectivity index (χ4n) is 4.46. The van der Waals surface area contributed by atoms with Crippen LogP contribution in [0.15, 0.2) is 79.1 Å². The number of hydrogen-bond donors (Lipinski definition) is 1. The van der Waals surface area contributed by atoms with Crippen LogP contribution in [0.1, 0.15) is 24.0 Å². The zero-order chi connectivity index (χ0) is 21.3. The first-order chi connectivity index (χ1) is 15.2. The fraction of sp³-hybridized carbons (Fsp3) is 0.231. The van der Waals surface area contributed by atoms with E-state index in [0.717, 1.165) is 33.7 Å². The monoisotopic (exact) mass is 411 g/mol. The zero-order valence-electron chi connectivity index (χ0n) is 17.5. The highest BCUT2D eigenvalue weighted by molar-refractivity contribution is 6.02. The van der Waals surface area contributed by atoms with E-state index in [9.17, 15) is 4.79 Å².